The molecule has 0 aliphatic carbocycles. The third-order valence-electron chi connectivity index (χ3n) is 5.67. The van der Waals surface area contributed by atoms with Gasteiger partial charge in [-0.05, 0) is 53.1 Å². The second kappa shape index (κ2) is 9.70. The highest BCUT2D eigenvalue weighted by Gasteiger charge is 2.34. The molecule has 0 saturated carbocycles. The Morgan fingerprint density at radius 1 is 0.735 bits per heavy atom. The Morgan fingerprint density at radius 2 is 1.35 bits per heavy atom. The molecule has 174 valence electrons. The molecule has 1 heterocycles. The number of rotatable bonds is 7. The molecule has 0 spiro atoms. The van der Waals surface area contributed by atoms with E-state index < -0.39 is 0 Å². The number of amides is 2. The molecule has 1 aliphatic heterocycles. The van der Waals surface area contributed by atoms with E-state index in [-0.39, 0.29) is 18.4 Å². The average Bonchev–Trinajstić information content (AvgIpc) is 2.88. The number of nitrogens with zero attached hydrogens (tertiary/aromatic N) is 1. The van der Waals surface area contributed by atoms with Crippen LogP contribution < -0.4 is 18.9 Å². The normalized spacial score (nSPS) is 14.1. The van der Waals surface area contributed by atoms with Crippen molar-refractivity contribution in [1.82, 2.24) is 4.90 Å². The lowest BCUT2D eigenvalue weighted by Gasteiger charge is -2.29. The molecule has 0 radical (unpaired) electrons. The standard InChI is InChI=1S/C27H25NO6/c1-31-19-11-9-17(10-12-19)16-28-26(29)21-8-6-5-7-20(21)22(27(28)30)13-18-14-23(32-2)25(34-4)24(15-18)33-3/h5-15H,16H2,1-4H3. The van der Waals surface area contributed by atoms with Gasteiger partial charge in [-0.3, -0.25) is 14.5 Å². The number of carbonyl (C=O) groups excluding carboxylic acids is 2. The van der Waals surface area contributed by atoms with E-state index in [0.717, 1.165) is 5.56 Å². The molecule has 0 N–H and O–H groups in total. The number of imide groups is 1. The van der Waals surface area contributed by atoms with Gasteiger partial charge in [-0.2, -0.15) is 0 Å². The Balaban J connectivity index is 1.80. The Morgan fingerprint density at radius 3 is 1.91 bits per heavy atom. The lowest BCUT2D eigenvalue weighted by atomic mass is 9.91. The maximum Gasteiger partial charge on any atom is 0.261 e. The highest BCUT2D eigenvalue weighted by Crippen LogP contribution is 2.40. The molecule has 2 amide bonds. The first-order valence-electron chi connectivity index (χ1n) is 10.6. The van der Waals surface area contributed by atoms with Gasteiger partial charge in [-0.1, -0.05) is 30.3 Å². The summed E-state index contributed by atoms with van der Waals surface area (Å²) in [4.78, 5) is 28.1. The van der Waals surface area contributed by atoms with Crippen LogP contribution >= 0.6 is 0 Å². The van der Waals surface area contributed by atoms with E-state index in [0.29, 0.717) is 45.3 Å². The quantitative estimate of drug-likeness (QED) is 0.384. The number of ether oxygens (including phenoxy) is 4. The molecule has 0 saturated heterocycles. The minimum atomic E-state index is -0.381. The molecule has 7 nitrogen and oxygen atoms in total. The van der Waals surface area contributed by atoms with E-state index in [2.05, 4.69) is 0 Å². The van der Waals surface area contributed by atoms with Crippen molar-refractivity contribution in [1.29, 1.82) is 0 Å². The van der Waals surface area contributed by atoms with Crippen molar-refractivity contribution in [3.63, 3.8) is 0 Å². The molecule has 7 heteroatoms. The average molecular weight is 459 g/mol. The Bertz CT molecular complexity index is 1240. The van der Waals surface area contributed by atoms with Gasteiger partial charge in [-0.25, -0.2) is 0 Å². The highest BCUT2D eigenvalue weighted by molar-refractivity contribution is 6.33. The molecular weight excluding hydrogens is 434 g/mol. The first kappa shape index (κ1) is 22.9. The van der Waals surface area contributed by atoms with Crippen LogP contribution in [-0.4, -0.2) is 45.2 Å². The van der Waals surface area contributed by atoms with E-state index in [1.807, 2.05) is 18.2 Å². The number of hydrogen-bond donors (Lipinski definition) is 0. The topological polar surface area (TPSA) is 74.3 Å². The molecule has 0 aromatic heterocycles. The lowest BCUT2D eigenvalue weighted by Crippen LogP contribution is -2.41. The van der Waals surface area contributed by atoms with Crippen LogP contribution in [0.25, 0.3) is 11.6 Å². The number of hydrogen-bond acceptors (Lipinski definition) is 6. The molecular formula is C27H25NO6. The highest BCUT2D eigenvalue weighted by atomic mass is 16.5. The van der Waals surface area contributed by atoms with Gasteiger partial charge in [0, 0.05) is 11.1 Å². The smallest absolute Gasteiger partial charge is 0.261 e. The van der Waals surface area contributed by atoms with Crippen molar-refractivity contribution in [3.8, 4) is 23.0 Å². The summed E-state index contributed by atoms with van der Waals surface area (Å²) in [6, 6.07) is 17.9. The van der Waals surface area contributed by atoms with Crippen molar-refractivity contribution < 1.29 is 28.5 Å². The van der Waals surface area contributed by atoms with Crippen molar-refractivity contribution in [3.05, 3.63) is 82.9 Å². The van der Waals surface area contributed by atoms with E-state index in [1.54, 1.807) is 55.7 Å². The Labute approximate surface area is 198 Å². The zero-order chi connectivity index (χ0) is 24.2. The van der Waals surface area contributed by atoms with Crippen LogP contribution in [0.1, 0.15) is 27.0 Å². The zero-order valence-corrected chi connectivity index (χ0v) is 19.5. The summed E-state index contributed by atoms with van der Waals surface area (Å²) in [5.41, 5.74) is 2.94. The maximum atomic E-state index is 13.6. The van der Waals surface area contributed by atoms with E-state index in [4.69, 9.17) is 18.9 Å². The van der Waals surface area contributed by atoms with Gasteiger partial charge >= 0.3 is 0 Å². The zero-order valence-electron chi connectivity index (χ0n) is 19.5. The summed E-state index contributed by atoms with van der Waals surface area (Å²) >= 11 is 0. The summed E-state index contributed by atoms with van der Waals surface area (Å²) < 4.78 is 21.5. The van der Waals surface area contributed by atoms with Crippen LogP contribution in [0.2, 0.25) is 0 Å². The summed E-state index contributed by atoms with van der Waals surface area (Å²) in [6.45, 7) is 0.141. The SMILES string of the molecule is COc1ccc(CN2C(=O)C(=Cc3cc(OC)c(OC)c(OC)c3)c3ccccc3C2=O)cc1. The molecule has 34 heavy (non-hydrogen) atoms. The second-order valence-corrected chi connectivity index (χ2v) is 7.61. The summed E-state index contributed by atoms with van der Waals surface area (Å²) in [5, 5.41) is 0. The fourth-order valence-corrected chi connectivity index (χ4v) is 3.95. The minimum Gasteiger partial charge on any atom is -0.497 e. The third-order valence-corrected chi connectivity index (χ3v) is 5.67. The van der Waals surface area contributed by atoms with Crippen molar-refractivity contribution in [2.24, 2.45) is 0 Å². The van der Waals surface area contributed by atoms with Gasteiger partial charge in [0.05, 0.1) is 35.0 Å². The Kier molecular flexibility index (Phi) is 6.54. The molecule has 0 fully saturated rings. The van der Waals surface area contributed by atoms with Crippen LogP contribution in [0, 0.1) is 0 Å². The van der Waals surface area contributed by atoms with Gasteiger partial charge in [0.1, 0.15) is 5.75 Å². The predicted octanol–water partition coefficient (Wildman–Crippen LogP) is 4.44. The second-order valence-electron chi connectivity index (χ2n) is 7.61. The van der Waals surface area contributed by atoms with Gasteiger partial charge in [0.25, 0.3) is 11.8 Å². The van der Waals surface area contributed by atoms with Crippen LogP contribution in [0.3, 0.4) is 0 Å². The van der Waals surface area contributed by atoms with Gasteiger partial charge in [0.2, 0.25) is 5.75 Å². The van der Waals surface area contributed by atoms with Crippen LogP contribution in [0.5, 0.6) is 23.0 Å². The largest absolute Gasteiger partial charge is 0.497 e. The molecule has 4 rings (SSSR count). The summed E-state index contributed by atoms with van der Waals surface area (Å²) in [7, 11) is 6.18. The van der Waals surface area contributed by atoms with Gasteiger partial charge in [0.15, 0.2) is 11.5 Å². The molecule has 0 unspecified atom stereocenters. The number of carbonyl (C=O) groups is 2. The molecule has 3 aromatic rings. The lowest BCUT2D eigenvalue weighted by molar-refractivity contribution is -0.123. The third kappa shape index (κ3) is 4.20. The van der Waals surface area contributed by atoms with E-state index in [9.17, 15) is 9.59 Å². The summed E-state index contributed by atoms with van der Waals surface area (Å²) in [6.07, 6.45) is 1.74. The molecule has 0 bridgehead atoms. The molecule has 1 aliphatic rings. The maximum absolute atomic E-state index is 13.6. The fraction of sp³-hybridized carbons (Fsp3) is 0.185. The van der Waals surface area contributed by atoms with Crippen molar-refractivity contribution >= 4 is 23.5 Å². The fourth-order valence-electron chi connectivity index (χ4n) is 3.95. The van der Waals surface area contributed by atoms with Crippen molar-refractivity contribution in [2.75, 3.05) is 28.4 Å². The first-order chi connectivity index (χ1) is 16.5. The van der Waals surface area contributed by atoms with Gasteiger partial charge in [-0.15, -0.1) is 0 Å². The van der Waals surface area contributed by atoms with Crippen LogP contribution in [0.15, 0.2) is 60.7 Å². The van der Waals surface area contributed by atoms with Crippen LogP contribution in [-0.2, 0) is 11.3 Å². The van der Waals surface area contributed by atoms with Crippen LogP contribution in [0.4, 0.5) is 0 Å². The van der Waals surface area contributed by atoms with Gasteiger partial charge < -0.3 is 18.9 Å². The number of benzene rings is 3. The minimum absolute atomic E-state index is 0.141. The number of methoxy groups -OCH3 is 4. The van der Waals surface area contributed by atoms with E-state index in [1.165, 1.54) is 26.2 Å². The first-order valence-corrected chi connectivity index (χ1v) is 10.6. The molecule has 3 aromatic carbocycles. The summed E-state index contributed by atoms with van der Waals surface area (Å²) in [5.74, 6) is 1.38. The monoisotopic (exact) mass is 459 g/mol. The Hall–Kier alpha value is -4.26. The molecule has 0 atom stereocenters. The predicted molar refractivity (Wildman–Crippen MR) is 128 cm³/mol. The number of fused-ring (bicyclic) bond motifs is 1. The van der Waals surface area contributed by atoms with E-state index >= 15 is 0 Å². The van der Waals surface area contributed by atoms with Crippen molar-refractivity contribution in [2.45, 2.75) is 6.54 Å².